The van der Waals surface area contributed by atoms with Gasteiger partial charge in [-0.3, -0.25) is 0 Å². The molecule has 0 aliphatic rings. The summed E-state index contributed by atoms with van der Waals surface area (Å²) in [5, 5.41) is 10.8. The van der Waals surface area contributed by atoms with Crippen LogP contribution < -0.4 is 0 Å². The molecule has 0 aromatic carbocycles. The average molecular weight is 136 g/mol. The zero-order valence-corrected chi connectivity index (χ0v) is 6.20. The molecule has 0 aliphatic carbocycles. The first-order valence-electron chi connectivity index (χ1n) is 3.41. The van der Waals surface area contributed by atoms with Crippen LogP contribution in [0.1, 0.15) is 31.9 Å². The summed E-state index contributed by atoms with van der Waals surface area (Å²) in [7, 11) is 0. The molecule has 0 saturated heterocycles. The number of hydrogen-bond donors (Lipinski definition) is 0. The molecule has 0 fully saturated rings. The van der Waals surface area contributed by atoms with Gasteiger partial charge in [-0.25, -0.2) is 0 Å². The monoisotopic (exact) mass is 136 g/mol. The first-order valence-corrected chi connectivity index (χ1v) is 3.41. The minimum absolute atomic E-state index is 0.465. The lowest BCUT2D eigenvalue weighted by molar-refractivity contribution is 0.670. The quantitative estimate of drug-likeness (QED) is 0.613. The summed E-state index contributed by atoms with van der Waals surface area (Å²) in [6.45, 7) is 4.23. The van der Waals surface area contributed by atoms with E-state index in [1.54, 1.807) is 6.07 Å². The molecular formula is C7H10N3. The Balaban J connectivity index is 2.75. The Hall–Kier alpha value is -0.990. The third-order valence-corrected chi connectivity index (χ3v) is 1.59. The first kappa shape index (κ1) is 7.12. The molecule has 0 N–H and O–H groups in total. The van der Waals surface area contributed by atoms with Crippen LogP contribution >= 0.6 is 0 Å². The third-order valence-electron chi connectivity index (χ3n) is 1.59. The molecule has 10 heavy (non-hydrogen) atoms. The van der Waals surface area contributed by atoms with Gasteiger partial charge < -0.3 is 0 Å². The Bertz CT molecular complexity index is 185. The van der Waals surface area contributed by atoms with Gasteiger partial charge in [-0.1, -0.05) is 13.8 Å². The second-order valence-corrected chi connectivity index (χ2v) is 2.30. The van der Waals surface area contributed by atoms with Gasteiger partial charge in [0.05, 0.1) is 5.69 Å². The van der Waals surface area contributed by atoms with Crippen molar-refractivity contribution in [3.8, 4) is 0 Å². The van der Waals surface area contributed by atoms with Crippen molar-refractivity contribution in [2.24, 2.45) is 0 Å². The summed E-state index contributed by atoms with van der Waals surface area (Å²) in [6.07, 6.45) is 3.73. The van der Waals surface area contributed by atoms with E-state index in [0.717, 1.165) is 12.1 Å². The predicted octanol–water partition coefficient (Wildman–Crippen LogP) is 1.19. The van der Waals surface area contributed by atoms with Gasteiger partial charge in [0.2, 0.25) is 0 Å². The fourth-order valence-corrected chi connectivity index (χ4v) is 0.674. The minimum atomic E-state index is 0.465. The molecule has 1 aromatic heterocycles. The van der Waals surface area contributed by atoms with Crippen molar-refractivity contribution in [1.29, 1.82) is 0 Å². The van der Waals surface area contributed by atoms with Crippen molar-refractivity contribution in [1.82, 2.24) is 15.4 Å². The molecular weight excluding hydrogens is 126 g/mol. The fraction of sp³-hybridized carbons (Fsp3) is 0.571. The number of nitrogens with zero attached hydrogens (tertiary/aromatic N) is 3. The highest BCUT2D eigenvalue weighted by Gasteiger charge is 2.02. The zero-order valence-electron chi connectivity index (χ0n) is 6.20. The van der Waals surface area contributed by atoms with E-state index in [-0.39, 0.29) is 0 Å². The molecule has 0 aliphatic heterocycles. The van der Waals surface area contributed by atoms with E-state index >= 15 is 0 Å². The van der Waals surface area contributed by atoms with Crippen LogP contribution in [0.15, 0.2) is 6.07 Å². The van der Waals surface area contributed by atoms with Crippen LogP contribution in [-0.4, -0.2) is 15.4 Å². The van der Waals surface area contributed by atoms with Crippen LogP contribution in [0.5, 0.6) is 0 Å². The summed E-state index contributed by atoms with van der Waals surface area (Å²) in [6, 6.07) is 1.78. The average Bonchev–Trinajstić information content (AvgIpc) is 2.05. The van der Waals surface area contributed by atoms with Gasteiger partial charge in [-0.2, -0.15) is 0 Å². The lowest BCUT2D eigenvalue weighted by atomic mass is 10.1. The van der Waals surface area contributed by atoms with Gasteiger partial charge in [-0.05, 0) is 17.7 Å². The number of rotatable bonds is 2. The van der Waals surface area contributed by atoms with Crippen molar-refractivity contribution in [2.75, 3.05) is 0 Å². The Kier molecular flexibility index (Phi) is 2.31. The first-order chi connectivity index (χ1) is 4.84. The standard InChI is InChI=1S/C7H10N3/c1-3-6(2)7-4-5-8-10-9-7/h4,6H,3H2,1-2H3. The molecule has 53 valence electrons. The smallest absolute Gasteiger partial charge is 0.117 e. The van der Waals surface area contributed by atoms with Crippen molar-refractivity contribution in [2.45, 2.75) is 26.2 Å². The molecule has 1 radical (unpaired) electrons. The normalized spacial score (nSPS) is 13.0. The van der Waals surface area contributed by atoms with E-state index in [1.807, 2.05) is 0 Å². The molecule has 3 nitrogen and oxygen atoms in total. The van der Waals surface area contributed by atoms with Crippen LogP contribution in [0, 0.1) is 6.20 Å². The highest BCUT2D eigenvalue weighted by atomic mass is 15.3. The lowest BCUT2D eigenvalue weighted by Crippen LogP contribution is -1.98. The molecule has 0 saturated carbocycles. The molecule has 0 bridgehead atoms. The molecule has 0 amide bonds. The van der Waals surface area contributed by atoms with E-state index in [2.05, 4.69) is 35.5 Å². The topological polar surface area (TPSA) is 38.7 Å². The Morgan fingerprint density at radius 1 is 1.70 bits per heavy atom. The van der Waals surface area contributed by atoms with Gasteiger partial charge in [0.25, 0.3) is 0 Å². The van der Waals surface area contributed by atoms with Crippen LogP contribution in [0.3, 0.4) is 0 Å². The second kappa shape index (κ2) is 3.25. The van der Waals surface area contributed by atoms with Crippen LogP contribution in [0.25, 0.3) is 0 Å². The Morgan fingerprint density at radius 2 is 2.50 bits per heavy atom. The fourth-order valence-electron chi connectivity index (χ4n) is 0.674. The summed E-state index contributed by atoms with van der Waals surface area (Å²) < 4.78 is 0. The van der Waals surface area contributed by atoms with Gasteiger partial charge >= 0.3 is 0 Å². The minimum Gasteiger partial charge on any atom is -0.135 e. The molecule has 3 heteroatoms. The maximum absolute atomic E-state index is 3.86. The van der Waals surface area contributed by atoms with E-state index in [0.29, 0.717) is 5.92 Å². The molecule has 1 atom stereocenters. The molecule has 1 unspecified atom stereocenters. The number of hydrogen-bond acceptors (Lipinski definition) is 3. The van der Waals surface area contributed by atoms with Crippen LogP contribution in [0.2, 0.25) is 0 Å². The van der Waals surface area contributed by atoms with Crippen molar-refractivity contribution in [3.05, 3.63) is 18.0 Å². The van der Waals surface area contributed by atoms with E-state index in [4.69, 9.17) is 0 Å². The number of aromatic nitrogens is 3. The Morgan fingerprint density at radius 3 is 3.00 bits per heavy atom. The van der Waals surface area contributed by atoms with Crippen LogP contribution in [-0.2, 0) is 0 Å². The summed E-state index contributed by atoms with van der Waals surface area (Å²) >= 11 is 0. The molecule has 0 spiro atoms. The summed E-state index contributed by atoms with van der Waals surface area (Å²) in [4.78, 5) is 0. The molecule has 1 rings (SSSR count). The predicted molar refractivity (Wildman–Crippen MR) is 37.4 cm³/mol. The highest BCUT2D eigenvalue weighted by Crippen LogP contribution is 2.12. The molecule has 1 heterocycles. The largest absolute Gasteiger partial charge is 0.135 e. The van der Waals surface area contributed by atoms with Gasteiger partial charge in [-0.15, -0.1) is 10.2 Å². The molecule has 1 aromatic rings. The van der Waals surface area contributed by atoms with Crippen molar-refractivity contribution in [3.63, 3.8) is 0 Å². The maximum Gasteiger partial charge on any atom is 0.117 e. The van der Waals surface area contributed by atoms with Crippen LogP contribution in [0.4, 0.5) is 0 Å². The SMILES string of the molecule is CCC(C)c1c[c]nnn1. The van der Waals surface area contributed by atoms with E-state index in [1.165, 1.54) is 0 Å². The summed E-state index contributed by atoms with van der Waals surface area (Å²) in [5.74, 6) is 0.465. The van der Waals surface area contributed by atoms with Gasteiger partial charge in [0.15, 0.2) is 0 Å². The lowest BCUT2D eigenvalue weighted by Gasteiger charge is -2.03. The third kappa shape index (κ3) is 1.50. The zero-order chi connectivity index (χ0) is 7.40. The van der Waals surface area contributed by atoms with Gasteiger partial charge in [0, 0.05) is 5.92 Å². The van der Waals surface area contributed by atoms with Crippen molar-refractivity contribution >= 4 is 0 Å². The van der Waals surface area contributed by atoms with E-state index in [9.17, 15) is 0 Å². The van der Waals surface area contributed by atoms with Crippen molar-refractivity contribution < 1.29 is 0 Å². The maximum atomic E-state index is 3.86. The second-order valence-electron chi connectivity index (χ2n) is 2.30. The highest BCUT2D eigenvalue weighted by molar-refractivity contribution is 5.00. The van der Waals surface area contributed by atoms with Gasteiger partial charge in [0.1, 0.15) is 6.20 Å². The Labute approximate surface area is 60.5 Å². The van der Waals surface area contributed by atoms with E-state index < -0.39 is 0 Å². The summed E-state index contributed by atoms with van der Waals surface area (Å²) in [5.41, 5.74) is 0.970.